The minimum atomic E-state index is -3.77. The third kappa shape index (κ3) is 6.15. The highest BCUT2D eigenvalue weighted by Gasteiger charge is 2.24. The van der Waals surface area contributed by atoms with Crippen molar-refractivity contribution in [2.24, 2.45) is 0 Å². The molecule has 0 saturated carbocycles. The quantitative estimate of drug-likeness (QED) is 0.536. The normalized spacial score (nSPS) is 11.3. The van der Waals surface area contributed by atoms with Gasteiger partial charge < -0.3 is 9.64 Å². The molecule has 0 fully saturated rings. The van der Waals surface area contributed by atoms with Gasteiger partial charge in [0.25, 0.3) is 5.91 Å². The lowest BCUT2D eigenvalue weighted by Crippen LogP contribution is -2.35. The van der Waals surface area contributed by atoms with Gasteiger partial charge in [-0.15, -0.1) is 0 Å². The first-order valence-corrected chi connectivity index (χ1v) is 11.5. The van der Waals surface area contributed by atoms with E-state index in [1.165, 1.54) is 40.5 Å². The monoisotopic (exact) mass is 457 g/mol. The molecule has 2 rings (SSSR count). The van der Waals surface area contributed by atoms with Crippen LogP contribution in [0.4, 0.5) is 5.69 Å². The Kier molecular flexibility index (Phi) is 8.52. The van der Waals surface area contributed by atoms with Crippen molar-refractivity contribution in [3.8, 4) is 6.07 Å². The third-order valence-electron chi connectivity index (χ3n) is 4.89. The number of sulfonamides is 1. The maximum absolute atomic E-state index is 12.7. The largest absolute Gasteiger partial charge is 0.452 e. The third-order valence-corrected chi connectivity index (χ3v) is 6.92. The van der Waals surface area contributed by atoms with Crippen molar-refractivity contribution in [3.63, 3.8) is 0 Å². The van der Waals surface area contributed by atoms with Crippen LogP contribution in [-0.2, 0) is 19.6 Å². The highest BCUT2D eigenvalue weighted by Crippen LogP contribution is 2.19. The Balaban J connectivity index is 2.14. The molecule has 0 aliphatic rings. The number of aryl methyl sites for hydroxylation is 1. The summed E-state index contributed by atoms with van der Waals surface area (Å²) in [5.74, 6) is -1.30. The van der Waals surface area contributed by atoms with Crippen LogP contribution in [0.15, 0.2) is 53.4 Å². The zero-order valence-electron chi connectivity index (χ0n) is 18.6. The van der Waals surface area contributed by atoms with Crippen molar-refractivity contribution in [2.45, 2.75) is 38.1 Å². The van der Waals surface area contributed by atoms with E-state index in [0.717, 1.165) is 5.56 Å². The molecule has 0 aliphatic carbocycles. The molecule has 0 saturated heterocycles. The summed E-state index contributed by atoms with van der Waals surface area (Å²) >= 11 is 0. The van der Waals surface area contributed by atoms with Crippen LogP contribution < -0.4 is 4.90 Å². The van der Waals surface area contributed by atoms with E-state index < -0.39 is 28.5 Å². The van der Waals surface area contributed by atoms with Crippen LogP contribution in [0.3, 0.4) is 0 Å². The molecule has 8 nitrogen and oxygen atoms in total. The number of esters is 1. The molecule has 170 valence electrons. The van der Waals surface area contributed by atoms with Gasteiger partial charge in [0.1, 0.15) is 0 Å². The van der Waals surface area contributed by atoms with Gasteiger partial charge >= 0.3 is 5.97 Å². The molecule has 2 aromatic rings. The van der Waals surface area contributed by atoms with Gasteiger partial charge in [-0.25, -0.2) is 13.2 Å². The molecular weight excluding hydrogens is 430 g/mol. The molecule has 0 bridgehead atoms. The number of rotatable bonds is 9. The Morgan fingerprint density at radius 1 is 1.12 bits per heavy atom. The predicted molar refractivity (Wildman–Crippen MR) is 121 cm³/mol. The number of anilines is 1. The number of nitriles is 1. The van der Waals surface area contributed by atoms with Gasteiger partial charge in [-0.2, -0.15) is 9.57 Å². The number of carbonyl (C=O) groups excluding carboxylic acids is 2. The van der Waals surface area contributed by atoms with Crippen LogP contribution in [0, 0.1) is 18.3 Å². The van der Waals surface area contributed by atoms with E-state index in [4.69, 9.17) is 10.00 Å². The number of ether oxygens (including phenoxy) is 1. The highest BCUT2D eigenvalue weighted by molar-refractivity contribution is 7.89. The molecule has 32 heavy (non-hydrogen) atoms. The molecule has 1 amide bonds. The number of nitrogens with zero attached hydrogens (tertiary/aromatic N) is 3. The summed E-state index contributed by atoms with van der Waals surface area (Å²) in [6.45, 7) is 5.02. The average molecular weight is 458 g/mol. The minimum Gasteiger partial charge on any atom is -0.452 e. The maximum Gasteiger partial charge on any atom is 0.338 e. The molecule has 0 aliphatic heterocycles. The Bertz CT molecular complexity index is 1110. The molecule has 2 aromatic carbocycles. The van der Waals surface area contributed by atoms with Gasteiger partial charge in [0.15, 0.2) is 6.61 Å². The van der Waals surface area contributed by atoms with E-state index in [2.05, 4.69) is 0 Å². The van der Waals surface area contributed by atoms with Crippen molar-refractivity contribution in [1.29, 1.82) is 5.26 Å². The van der Waals surface area contributed by atoms with Crippen LogP contribution >= 0.6 is 0 Å². The smallest absolute Gasteiger partial charge is 0.338 e. The Morgan fingerprint density at radius 2 is 1.78 bits per heavy atom. The van der Waals surface area contributed by atoms with E-state index in [1.54, 1.807) is 26.0 Å². The minimum absolute atomic E-state index is 0.0231. The molecule has 0 atom stereocenters. The molecule has 0 radical (unpaired) electrons. The van der Waals surface area contributed by atoms with E-state index in [1.807, 2.05) is 25.1 Å². The van der Waals surface area contributed by atoms with Crippen LogP contribution in [-0.4, -0.2) is 50.8 Å². The molecule has 0 heterocycles. The first-order chi connectivity index (χ1) is 15.1. The molecule has 0 aromatic heterocycles. The summed E-state index contributed by atoms with van der Waals surface area (Å²) in [7, 11) is -2.31. The lowest BCUT2D eigenvalue weighted by molar-refractivity contribution is -0.121. The maximum atomic E-state index is 12.7. The fourth-order valence-electron chi connectivity index (χ4n) is 2.80. The van der Waals surface area contributed by atoms with E-state index in [9.17, 15) is 18.0 Å². The van der Waals surface area contributed by atoms with E-state index in [-0.39, 0.29) is 29.5 Å². The van der Waals surface area contributed by atoms with Crippen molar-refractivity contribution < 1.29 is 22.7 Å². The molecule has 0 N–H and O–H groups in total. The van der Waals surface area contributed by atoms with E-state index in [0.29, 0.717) is 5.69 Å². The molecular formula is C23H27N3O5S. The van der Waals surface area contributed by atoms with Crippen molar-refractivity contribution in [1.82, 2.24) is 4.31 Å². The standard InChI is InChI=1S/C23H27N3O5S/c1-17(2)25(4)32(29,30)21-8-5-7-19(15-21)23(28)31-16-22(27)26(14-6-13-24)20-11-9-18(3)10-12-20/h5,7-12,15,17H,6,14,16H2,1-4H3. The molecule has 9 heteroatoms. The fourth-order valence-corrected chi connectivity index (χ4v) is 4.21. The summed E-state index contributed by atoms with van der Waals surface area (Å²) in [4.78, 5) is 26.5. The predicted octanol–water partition coefficient (Wildman–Crippen LogP) is 3.13. The topological polar surface area (TPSA) is 108 Å². The first kappa shape index (κ1) is 25.0. The molecule has 0 spiro atoms. The number of amides is 1. The van der Waals surface area contributed by atoms with Crippen LogP contribution in [0.5, 0.6) is 0 Å². The van der Waals surface area contributed by atoms with Gasteiger partial charge in [0.2, 0.25) is 10.0 Å². The number of hydrogen-bond donors (Lipinski definition) is 0. The van der Waals surface area contributed by atoms with Gasteiger partial charge in [-0.1, -0.05) is 23.8 Å². The summed E-state index contributed by atoms with van der Waals surface area (Å²) in [6.07, 6.45) is 0.122. The second-order valence-corrected chi connectivity index (χ2v) is 9.51. The summed E-state index contributed by atoms with van der Waals surface area (Å²) in [5, 5.41) is 8.89. The average Bonchev–Trinajstić information content (AvgIpc) is 2.78. The fraction of sp³-hybridized carbons (Fsp3) is 0.348. The summed E-state index contributed by atoms with van der Waals surface area (Å²) in [5.41, 5.74) is 1.64. The lowest BCUT2D eigenvalue weighted by atomic mass is 10.2. The van der Waals surface area contributed by atoms with E-state index >= 15 is 0 Å². The first-order valence-electron chi connectivity index (χ1n) is 10.1. The number of benzene rings is 2. The SMILES string of the molecule is Cc1ccc(N(CCC#N)C(=O)COC(=O)c2cccc(S(=O)(=O)N(C)C(C)C)c2)cc1. The van der Waals surface area contributed by atoms with Gasteiger partial charge in [0, 0.05) is 25.3 Å². The van der Waals surface area contributed by atoms with Crippen molar-refractivity contribution in [3.05, 3.63) is 59.7 Å². The van der Waals surface area contributed by atoms with Crippen molar-refractivity contribution in [2.75, 3.05) is 25.1 Å². The second-order valence-electron chi connectivity index (χ2n) is 7.51. The summed E-state index contributed by atoms with van der Waals surface area (Å²) in [6, 6.07) is 14.4. The zero-order chi connectivity index (χ0) is 23.9. The van der Waals surface area contributed by atoms with Gasteiger partial charge in [0.05, 0.1) is 22.9 Å². The number of hydrogen-bond acceptors (Lipinski definition) is 6. The van der Waals surface area contributed by atoms with Crippen LogP contribution in [0.2, 0.25) is 0 Å². The summed E-state index contributed by atoms with van der Waals surface area (Å²) < 4.78 is 31.7. The van der Waals surface area contributed by atoms with Crippen LogP contribution in [0.25, 0.3) is 0 Å². The van der Waals surface area contributed by atoms with Crippen LogP contribution in [0.1, 0.15) is 36.2 Å². The Labute approximate surface area is 189 Å². The van der Waals surface area contributed by atoms with Gasteiger partial charge in [-0.3, -0.25) is 4.79 Å². The Hall–Kier alpha value is -3.22. The number of carbonyl (C=O) groups is 2. The van der Waals surface area contributed by atoms with Gasteiger partial charge in [-0.05, 0) is 51.1 Å². The Morgan fingerprint density at radius 3 is 2.38 bits per heavy atom. The zero-order valence-corrected chi connectivity index (χ0v) is 19.4. The highest BCUT2D eigenvalue weighted by atomic mass is 32.2. The second kappa shape index (κ2) is 10.9. The van der Waals surface area contributed by atoms with Crippen molar-refractivity contribution >= 4 is 27.6 Å². The molecule has 0 unspecified atom stereocenters. The lowest BCUT2D eigenvalue weighted by Gasteiger charge is -2.22.